The Morgan fingerprint density at radius 2 is 2.37 bits per heavy atom. The van der Waals surface area contributed by atoms with Gasteiger partial charge < -0.3 is 15.5 Å². The molecule has 2 heterocycles. The monoisotopic (exact) mass is 283 g/mol. The number of amides is 2. The average molecular weight is 283 g/mol. The highest BCUT2D eigenvalue weighted by Gasteiger charge is 2.31. The van der Waals surface area contributed by atoms with E-state index in [-0.39, 0.29) is 11.8 Å². The van der Waals surface area contributed by atoms with E-state index in [1.807, 2.05) is 6.92 Å². The van der Waals surface area contributed by atoms with Crippen molar-refractivity contribution in [3.63, 3.8) is 0 Å². The molecule has 0 bridgehead atoms. The standard InChI is InChI=1S/C11H17N5O2S/c1-3-4-13-11-15-14-9(19-11)10(18)16-6-5-12-8(17)7(16)2/h7H,3-6H2,1-2H3,(H,12,17)(H,13,15). The molecule has 8 heteroatoms. The van der Waals surface area contributed by atoms with Gasteiger partial charge in [0.1, 0.15) is 6.04 Å². The summed E-state index contributed by atoms with van der Waals surface area (Å²) >= 11 is 1.22. The largest absolute Gasteiger partial charge is 0.360 e. The molecule has 0 aliphatic carbocycles. The first-order valence-corrected chi connectivity index (χ1v) is 7.11. The third-order valence-electron chi connectivity index (χ3n) is 2.89. The highest BCUT2D eigenvalue weighted by Crippen LogP contribution is 2.18. The lowest BCUT2D eigenvalue weighted by atomic mass is 10.2. The van der Waals surface area contributed by atoms with Crippen molar-refractivity contribution in [3.05, 3.63) is 5.01 Å². The topological polar surface area (TPSA) is 87.2 Å². The number of rotatable bonds is 4. The van der Waals surface area contributed by atoms with Crippen molar-refractivity contribution in [1.29, 1.82) is 0 Å². The van der Waals surface area contributed by atoms with E-state index < -0.39 is 6.04 Å². The zero-order chi connectivity index (χ0) is 13.8. The first-order chi connectivity index (χ1) is 9.13. The fourth-order valence-corrected chi connectivity index (χ4v) is 2.52. The van der Waals surface area contributed by atoms with Crippen LogP contribution in [0.15, 0.2) is 0 Å². The Hall–Kier alpha value is -1.70. The summed E-state index contributed by atoms with van der Waals surface area (Å²) in [7, 11) is 0. The molecule has 19 heavy (non-hydrogen) atoms. The fraction of sp³-hybridized carbons (Fsp3) is 0.636. The molecule has 2 amide bonds. The van der Waals surface area contributed by atoms with Crippen molar-refractivity contribution >= 4 is 28.3 Å². The number of piperazine rings is 1. The van der Waals surface area contributed by atoms with Crippen LogP contribution < -0.4 is 10.6 Å². The minimum atomic E-state index is -0.461. The molecule has 1 aromatic rings. The molecule has 0 spiro atoms. The molecule has 1 saturated heterocycles. The fourth-order valence-electron chi connectivity index (χ4n) is 1.80. The minimum absolute atomic E-state index is 0.131. The molecule has 7 nitrogen and oxygen atoms in total. The first kappa shape index (κ1) is 13.7. The molecule has 1 aromatic heterocycles. The van der Waals surface area contributed by atoms with Gasteiger partial charge in [-0.2, -0.15) is 0 Å². The maximum absolute atomic E-state index is 12.3. The molecule has 0 radical (unpaired) electrons. The Labute approximate surface area is 115 Å². The summed E-state index contributed by atoms with van der Waals surface area (Å²) < 4.78 is 0. The van der Waals surface area contributed by atoms with Crippen LogP contribution in [-0.4, -0.2) is 52.6 Å². The molecule has 104 valence electrons. The van der Waals surface area contributed by atoms with Gasteiger partial charge in [-0.25, -0.2) is 0 Å². The molecule has 2 rings (SSSR count). The predicted molar refractivity (Wildman–Crippen MR) is 72.2 cm³/mol. The van der Waals surface area contributed by atoms with E-state index >= 15 is 0 Å². The average Bonchev–Trinajstić information content (AvgIpc) is 2.87. The molecule has 2 N–H and O–H groups in total. The highest BCUT2D eigenvalue weighted by molar-refractivity contribution is 7.17. The highest BCUT2D eigenvalue weighted by atomic mass is 32.1. The van der Waals surface area contributed by atoms with E-state index in [0.717, 1.165) is 13.0 Å². The van der Waals surface area contributed by atoms with Crippen molar-refractivity contribution in [2.45, 2.75) is 26.3 Å². The van der Waals surface area contributed by atoms with E-state index in [0.29, 0.717) is 23.2 Å². The lowest BCUT2D eigenvalue weighted by Crippen LogP contribution is -2.55. The van der Waals surface area contributed by atoms with Crippen LogP contribution >= 0.6 is 11.3 Å². The Morgan fingerprint density at radius 1 is 1.58 bits per heavy atom. The zero-order valence-corrected chi connectivity index (χ0v) is 11.8. The third kappa shape index (κ3) is 3.01. The molecule has 1 fully saturated rings. The maximum Gasteiger partial charge on any atom is 0.285 e. The summed E-state index contributed by atoms with van der Waals surface area (Å²) in [4.78, 5) is 25.3. The summed E-state index contributed by atoms with van der Waals surface area (Å²) in [5.41, 5.74) is 0. The lowest BCUT2D eigenvalue weighted by molar-refractivity contribution is -0.127. The van der Waals surface area contributed by atoms with E-state index in [4.69, 9.17) is 0 Å². The van der Waals surface area contributed by atoms with Crippen molar-refractivity contribution in [1.82, 2.24) is 20.4 Å². The number of hydrogen-bond donors (Lipinski definition) is 2. The zero-order valence-electron chi connectivity index (χ0n) is 11.0. The van der Waals surface area contributed by atoms with E-state index in [1.165, 1.54) is 16.2 Å². The van der Waals surface area contributed by atoms with Crippen LogP contribution in [0.25, 0.3) is 0 Å². The number of hydrogen-bond acceptors (Lipinski definition) is 6. The summed E-state index contributed by atoms with van der Waals surface area (Å²) in [5, 5.41) is 14.6. The second kappa shape index (κ2) is 5.96. The van der Waals surface area contributed by atoms with E-state index in [9.17, 15) is 9.59 Å². The molecular formula is C11H17N5O2S. The van der Waals surface area contributed by atoms with Crippen LogP contribution in [0.3, 0.4) is 0 Å². The Bertz CT molecular complexity index is 475. The van der Waals surface area contributed by atoms with Gasteiger partial charge in [-0.05, 0) is 13.3 Å². The van der Waals surface area contributed by atoms with Crippen molar-refractivity contribution in [3.8, 4) is 0 Å². The van der Waals surface area contributed by atoms with Crippen LogP contribution in [0.5, 0.6) is 0 Å². The first-order valence-electron chi connectivity index (χ1n) is 6.29. The van der Waals surface area contributed by atoms with Crippen LogP contribution in [0.4, 0.5) is 5.13 Å². The predicted octanol–water partition coefficient (Wildman–Crippen LogP) is 0.321. The van der Waals surface area contributed by atoms with Crippen LogP contribution in [0.1, 0.15) is 30.1 Å². The van der Waals surface area contributed by atoms with E-state index in [1.54, 1.807) is 6.92 Å². The normalized spacial score (nSPS) is 19.2. The molecule has 0 saturated carbocycles. The third-order valence-corrected chi connectivity index (χ3v) is 3.76. The van der Waals surface area contributed by atoms with Gasteiger partial charge in [0.15, 0.2) is 0 Å². The van der Waals surface area contributed by atoms with Crippen LogP contribution in [0, 0.1) is 0 Å². The quantitative estimate of drug-likeness (QED) is 0.831. The molecule has 1 atom stereocenters. The van der Waals surface area contributed by atoms with Crippen LogP contribution in [0.2, 0.25) is 0 Å². The van der Waals surface area contributed by atoms with Gasteiger partial charge in [0, 0.05) is 19.6 Å². The van der Waals surface area contributed by atoms with Gasteiger partial charge in [-0.1, -0.05) is 18.3 Å². The second-order valence-corrected chi connectivity index (χ2v) is 5.28. The van der Waals surface area contributed by atoms with Crippen molar-refractivity contribution in [2.75, 3.05) is 25.0 Å². The van der Waals surface area contributed by atoms with Gasteiger partial charge in [0.05, 0.1) is 0 Å². The van der Waals surface area contributed by atoms with Gasteiger partial charge >= 0.3 is 0 Å². The molecule has 0 aromatic carbocycles. The minimum Gasteiger partial charge on any atom is -0.360 e. The summed E-state index contributed by atoms with van der Waals surface area (Å²) in [5.74, 6) is -0.363. The Balaban J connectivity index is 2.06. The van der Waals surface area contributed by atoms with E-state index in [2.05, 4.69) is 20.8 Å². The summed E-state index contributed by atoms with van der Waals surface area (Å²) in [6.45, 7) is 5.54. The van der Waals surface area contributed by atoms with Gasteiger partial charge in [-0.15, -0.1) is 10.2 Å². The summed E-state index contributed by atoms with van der Waals surface area (Å²) in [6, 6.07) is -0.461. The Kier molecular flexibility index (Phi) is 4.31. The number of anilines is 1. The molecule has 1 aliphatic heterocycles. The SMILES string of the molecule is CCCNc1nnc(C(=O)N2CCNC(=O)C2C)s1. The number of nitrogens with zero attached hydrogens (tertiary/aromatic N) is 3. The number of aromatic nitrogens is 2. The molecule has 1 aliphatic rings. The van der Waals surface area contributed by atoms with Crippen LogP contribution in [-0.2, 0) is 4.79 Å². The Morgan fingerprint density at radius 3 is 3.11 bits per heavy atom. The van der Waals surface area contributed by atoms with Crippen molar-refractivity contribution in [2.24, 2.45) is 0 Å². The van der Waals surface area contributed by atoms with Gasteiger partial charge in [0.25, 0.3) is 5.91 Å². The van der Waals surface area contributed by atoms with Crippen molar-refractivity contribution < 1.29 is 9.59 Å². The molecule has 1 unspecified atom stereocenters. The van der Waals surface area contributed by atoms with Gasteiger partial charge in [0.2, 0.25) is 16.0 Å². The number of nitrogens with one attached hydrogen (secondary N) is 2. The lowest BCUT2D eigenvalue weighted by Gasteiger charge is -2.31. The second-order valence-electron chi connectivity index (χ2n) is 4.30. The molecular weight excluding hydrogens is 266 g/mol. The number of carbonyl (C=O) groups is 2. The smallest absolute Gasteiger partial charge is 0.285 e. The maximum atomic E-state index is 12.3. The number of carbonyl (C=O) groups excluding carboxylic acids is 2. The van der Waals surface area contributed by atoms with Gasteiger partial charge in [-0.3, -0.25) is 9.59 Å². The summed E-state index contributed by atoms with van der Waals surface area (Å²) in [6.07, 6.45) is 0.978.